The molecule has 0 aromatic heterocycles. The SMILES string of the molecule is CC(C)([C]=O)C(Cl)C=O. The van der Waals surface area contributed by atoms with Crippen LogP contribution in [0.15, 0.2) is 0 Å². The zero-order valence-electron chi connectivity index (χ0n) is 5.35. The van der Waals surface area contributed by atoms with Crippen molar-refractivity contribution in [2.75, 3.05) is 0 Å². The van der Waals surface area contributed by atoms with Crippen LogP contribution >= 0.6 is 11.6 Å². The van der Waals surface area contributed by atoms with Crippen molar-refractivity contribution in [3.63, 3.8) is 0 Å². The van der Waals surface area contributed by atoms with E-state index in [1.807, 2.05) is 0 Å². The first-order chi connectivity index (χ1) is 4.04. The van der Waals surface area contributed by atoms with Gasteiger partial charge >= 0.3 is 0 Å². The maximum atomic E-state index is 10.1. The summed E-state index contributed by atoms with van der Waals surface area (Å²) >= 11 is 5.43. The van der Waals surface area contributed by atoms with Crippen molar-refractivity contribution < 1.29 is 9.59 Å². The molecule has 0 fully saturated rings. The Morgan fingerprint density at radius 1 is 1.67 bits per heavy atom. The minimum Gasteiger partial charge on any atom is -0.302 e. The molecule has 0 spiro atoms. The van der Waals surface area contributed by atoms with E-state index >= 15 is 0 Å². The Balaban J connectivity index is 4.11. The van der Waals surface area contributed by atoms with Gasteiger partial charge < -0.3 is 4.79 Å². The highest BCUT2D eigenvalue weighted by Crippen LogP contribution is 2.20. The second kappa shape index (κ2) is 2.97. The number of carbonyl (C=O) groups is 1. The fraction of sp³-hybridized carbons (Fsp3) is 0.667. The topological polar surface area (TPSA) is 34.1 Å². The maximum absolute atomic E-state index is 10.1. The molecule has 0 aliphatic carbocycles. The molecule has 0 saturated heterocycles. The number of halogens is 1. The van der Waals surface area contributed by atoms with Crippen molar-refractivity contribution >= 4 is 24.2 Å². The summed E-state index contributed by atoms with van der Waals surface area (Å²) in [6.45, 7) is 3.12. The van der Waals surface area contributed by atoms with E-state index in [1.54, 1.807) is 20.1 Å². The summed E-state index contributed by atoms with van der Waals surface area (Å²) in [7, 11) is 0. The van der Waals surface area contributed by atoms with E-state index in [2.05, 4.69) is 0 Å². The van der Waals surface area contributed by atoms with E-state index in [4.69, 9.17) is 11.6 Å². The Hall–Kier alpha value is -0.370. The fourth-order valence-electron chi connectivity index (χ4n) is 0.226. The maximum Gasteiger partial charge on any atom is 0.206 e. The highest BCUT2D eigenvalue weighted by atomic mass is 35.5. The van der Waals surface area contributed by atoms with Gasteiger partial charge in [-0.1, -0.05) is 13.8 Å². The zero-order chi connectivity index (χ0) is 7.49. The van der Waals surface area contributed by atoms with E-state index in [1.165, 1.54) is 0 Å². The van der Waals surface area contributed by atoms with Crippen molar-refractivity contribution in [2.24, 2.45) is 5.41 Å². The predicted octanol–water partition coefficient (Wildman–Crippen LogP) is 0.929. The summed E-state index contributed by atoms with van der Waals surface area (Å²) in [6, 6.07) is 0. The van der Waals surface area contributed by atoms with Crippen LogP contribution in [0.2, 0.25) is 0 Å². The van der Waals surface area contributed by atoms with Gasteiger partial charge in [-0.3, -0.25) is 4.79 Å². The van der Waals surface area contributed by atoms with Gasteiger partial charge in [0.1, 0.15) is 11.7 Å². The lowest BCUT2D eigenvalue weighted by Gasteiger charge is -2.16. The number of carbonyl (C=O) groups excluding carboxylic acids is 2. The summed E-state index contributed by atoms with van der Waals surface area (Å²) in [5.41, 5.74) is -0.858. The lowest BCUT2D eigenvalue weighted by atomic mass is 9.92. The number of hydrogen-bond donors (Lipinski definition) is 0. The second-order valence-electron chi connectivity index (χ2n) is 2.36. The molecular formula is C6H8ClO2. The monoisotopic (exact) mass is 147 g/mol. The lowest BCUT2D eigenvalue weighted by molar-refractivity contribution is -0.108. The molecule has 0 saturated carbocycles. The van der Waals surface area contributed by atoms with Crippen LogP contribution in [-0.4, -0.2) is 17.9 Å². The van der Waals surface area contributed by atoms with E-state index in [0.29, 0.717) is 6.29 Å². The van der Waals surface area contributed by atoms with Crippen LogP contribution in [0.25, 0.3) is 0 Å². The predicted molar refractivity (Wildman–Crippen MR) is 35.2 cm³/mol. The van der Waals surface area contributed by atoms with Gasteiger partial charge in [0, 0.05) is 0 Å². The molecule has 9 heavy (non-hydrogen) atoms. The first-order valence-corrected chi connectivity index (χ1v) is 2.97. The molecule has 0 aromatic carbocycles. The Morgan fingerprint density at radius 3 is 2.22 bits per heavy atom. The third-order valence-electron chi connectivity index (χ3n) is 1.07. The largest absolute Gasteiger partial charge is 0.302 e. The van der Waals surface area contributed by atoms with Crippen LogP contribution in [0.3, 0.4) is 0 Å². The highest BCUT2D eigenvalue weighted by molar-refractivity contribution is 6.29. The second-order valence-corrected chi connectivity index (χ2v) is 2.83. The van der Waals surface area contributed by atoms with E-state index in [0.717, 1.165) is 0 Å². The first-order valence-electron chi connectivity index (χ1n) is 2.53. The molecule has 0 heterocycles. The molecule has 1 unspecified atom stereocenters. The fourth-order valence-corrected chi connectivity index (χ4v) is 0.271. The molecule has 2 nitrogen and oxygen atoms in total. The molecule has 3 heteroatoms. The Morgan fingerprint density at radius 2 is 2.11 bits per heavy atom. The molecule has 1 radical (unpaired) electrons. The van der Waals surface area contributed by atoms with Crippen LogP contribution < -0.4 is 0 Å². The number of aldehydes is 1. The van der Waals surface area contributed by atoms with Crippen molar-refractivity contribution in [3.8, 4) is 0 Å². The van der Waals surface area contributed by atoms with Gasteiger partial charge in [0.25, 0.3) is 0 Å². The summed E-state index contributed by atoms with van der Waals surface area (Å²) in [5.74, 6) is 0. The molecule has 0 aromatic rings. The van der Waals surface area contributed by atoms with Gasteiger partial charge in [-0.25, -0.2) is 0 Å². The standard InChI is InChI=1S/C6H8ClO2/c1-6(2,4-9)5(7)3-8/h3,5H,1-2H3. The molecule has 0 rings (SSSR count). The lowest BCUT2D eigenvalue weighted by Crippen LogP contribution is -2.27. The average Bonchev–Trinajstić information content (AvgIpc) is 1.86. The Labute approximate surface area is 59.2 Å². The zero-order valence-corrected chi connectivity index (χ0v) is 6.11. The van der Waals surface area contributed by atoms with Crippen molar-refractivity contribution in [3.05, 3.63) is 0 Å². The number of alkyl halides is 1. The van der Waals surface area contributed by atoms with E-state index < -0.39 is 10.8 Å². The molecule has 0 amide bonds. The van der Waals surface area contributed by atoms with E-state index in [-0.39, 0.29) is 0 Å². The molecule has 51 valence electrons. The van der Waals surface area contributed by atoms with Gasteiger partial charge in [0.05, 0.1) is 5.41 Å². The van der Waals surface area contributed by atoms with Crippen LogP contribution in [0.4, 0.5) is 0 Å². The Bertz CT molecular complexity index is 120. The van der Waals surface area contributed by atoms with Crippen molar-refractivity contribution in [2.45, 2.75) is 19.2 Å². The summed E-state index contributed by atoms with van der Waals surface area (Å²) < 4.78 is 0. The van der Waals surface area contributed by atoms with E-state index in [9.17, 15) is 9.59 Å². The summed E-state index contributed by atoms with van der Waals surface area (Å²) in [5, 5.41) is -0.769. The van der Waals surface area contributed by atoms with Crippen molar-refractivity contribution in [1.82, 2.24) is 0 Å². The van der Waals surface area contributed by atoms with Gasteiger partial charge in [-0.05, 0) is 0 Å². The summed E-state index contributed by atoms with van der Waals surface area (Å²) in [6.07, 6.45) is 2.21. The number of hydrogen-bond acceptors (Lipinski definition) is 2. The third kappa shape index (κ3) is 2.14. The van der Waals surface area contributed by atoms with Crippen LogP contribution in [0.1, 0.15) is 13.8 Å². The molecule has 0 N–H and O–H groups in total. The van der Waals surface area contributed by atoms with Gasteiger partial charge in [-0.15, -0.1) is 11.6 Å². The summed E-state index contributed by atoms with van der Waals surface area (Å²) in [4.78, 5) is 20.1. The number of rotatable bonds is 3. The van der Waals surface area contributed by atoms with Crippen LogP contribution in [-0.2, 0) is 9.59 Å². The molecule has 0 bridgehead atoms. The van der Waals surface area contributed by atoms with Crippen LogP contribution in [0, 0.1) is 5.41 Å². The molecule has 1 atom stereocenters. The van der Waals surface area contributed by atoms with Gasteiger partial charge in [0.15, 0.2) is 0 Å². The Kier molecular flexibility index (Phi) is 2.85. The minimum atomic E-state index is -0.858. The van der Waals surface area contributed by atoms with Gasteiger partial charge in [-0.2, -0.15) is 0 Å². The average molecular weight is 148 g/mol. The molecule has 0 aliphatic heterocycles. The van der Waals surface area contributed by atoms with Gasteiger partial charge in [0.2, 0.25) is 6.29 Å². The third-order valence-corrected chi connectivity index (χ3v) is 1.72. The normalized spacial score (nSPS) is 14.6. The first kappa shape index (κ1) is 8.63. The molecular weight excluding hydrogens is 140 g/mol. The molecule has 0 aliphatic rings. The van der Waals surface area contributed by atoms with Crippen LogP contribution in [0.5, 0.6) is 0 Å². The van der Waals surface area contributed by atoms with Crippen molar-refractivity contribution in [1.29, 1.82) is 0 Å². The smallest absolute Gasteiger partial charge is 0.206 e. The minimum absolute atomic E-state index is 0.534. The highest BCUT2D eigenvalue weighted by Gasteiger charge is 2.27. The quantitative estimate of drug-likeness (QED) is 0.440.